The van der Waals surface area contributed by atoms with Crippen molar-refractivity contribution >= 4 is 5.69 Å². The third-order valence-electron chi connectivity index (χ3n) is 2.79. The molecular formula is C14H13NO3. The van der Waals surface area contributed by atoms with Gasteiger partial charge in [-0.25, -0.2) is 0 Å². The van der Waals surface area contributed by atoms with Gasteiger partial charge in [-0.05, 0) is 36.1 Å². The van der Waals surface area contributed by atoms with Crippen LogP contribution >= 0.6 is 0 Å². The number of nitro benzene ring substituents is 1. The van der Waals surface area contributed by atoms with E-state index in [0.717, 1.165) is 24.0 Å². The fourth-order valence-electron chi connectivity index (χ4n) is 1.74. The normalized spacial score (nSPS) is 10.2. The van der Waals surface area contributed by atoms with Gasteiger partial charge in [0.15, 0.2) is 0 Å². The van der Waals surface area contributed by atoms with Crippen LogP contribution in [0.3, 0.4) is 0 Å². The summed E-state index contributed by atoms with van der Waals surface area (Å²) in [5.41, 5.74) is 2.31. The van der Waals surface area contributed by atoms with Gasteiger partial charge in [-0.1, -0.05) is 24.3 Å². The average Bonchev–Trinajstić information content (AvgIpc) is 2.38. The Morgan fingerprint density at radius 1 is 0.889 bits per heavy atom. The first-order valence-electron chi connectivity index (χ1n) is 5.66. The van der Waals surface area contributed by atoms with Gasteiger partial charge < -0.3 is 5.11 Å². The topological polar surface area (TPSA) is 63.4 Å². The first-order valence-corrected chi connectivity index (χ1v) is 5.66. The molecule has 2 aromatic rings. The second-order valence-corrected chi connectivity index (χ2v) is 4.09. The van der Waals surface area contributed by atoms with E-state index in [1.807, 2.05) is 12.1 Å². The summed E-state index contributed by atoms with van der Waals surface area (Å²) in [6.45, 7) is 0. The monoisotopic (exact) mass is 243 g/mol. The molecule has 0 fully saturated rings. The zero-order valence-electron chi connectivity index (χ0n) is 9.74. The summed E-state index contributed by atoms with van der Waals surface area (Å²) < 4.78 is 0. The zero-order chi connectivity index (χ0) is 13.0. The van der Waals surface area contributed by atoms with Crippen LogP contribution in [0.5, 0.6) is 5.75 Å². The molecule has 0 amide bonds. The van der Waals surface area contributed by atoms with Crippen LogP contribution in [-0.2, 0) is 12.8 Å². The predicted octanol–water partition coefficient (Wildman–Crippen LogP) is 3.09. The van der Waals surface area contributed by atoms with E-state index in [1.165, 1.54) is 12.1 Å². The summed E-state index contributed by atoms with van der Waals surface area (Å²) in [6, 6.07) is 13.7. The van der Waals surface area contributed by atoms with Crippen molar-refractivity contribution in [3.63, 3.8) is 0 Å². The van der Waals surface area contributed by atoms with Gasteiger partial charge in [0.25, 0.3) is 5.69 Å². The number of benzene rings is 2. The predicted molar refractivity (Wildman–Crippen MR) is 68.6 cm³/mol. The number of nitro groups is 1. The lowest BCUT2D eigenvalue weighted by Gasteiger charge is -2.02. The second kappa shape index (κ2) is 5.31. The second-order valence-electron chi connectivity index (χ2n) is 4.09. The molecule has 18 heavy (non-hydrogen) atoms. The van der Waals surface area contributed by atoms with Crippen molar-refractivity contribution < 1.29 is 10.0 Å². The Morgan fingerprint density at radius 2 is 1.33 bits per heavy atom. The van der Waals surface area contributed by atoms with E-state index in [0.29, 0.717) is 0 Å². The molecule has 0 saturated carbocycles. The molecule has 0 aliphatic rings. The molecule has 0 aromatic heterocycles. The summed E-state index contributed by atoms with van der Waals surface area (Å²) in [5, 5.41) is 19.7. The first kappa shape index (κ1) is 12.1. The Morgan fingerprint density at radius 3 is 1.78 bits per heavy atom. The quantitative estimate of drug-likeness (QED) is 0.663. The van der Waals surface area contributed by atoms with Crippen LogP contribution in [0, 0.1) is 10.1 Å². The summed E-state index contributed by atoms with van der Waals surface area (Å²) in [5.74, 6) is 0.258. The van der Waals surface area contributed by atoms with Gasteiger partial charge in [-0.15, -0.1) is 0 Å². The molecule has 92 valence electrons. The fraction of sp³-hybridized carbons (Fsp3) is 0.143. The number of non-ortho nitro benzene ring substituents is 1. The number of hydrogen-bond donors (Lipinski definition) is 1. The van der Waals surface area contributed by atoms with Gasteiger partial charge in [0.1, 0.15) is 5.75 Å². The van der Waals surface area contributed by atoms with Crippen molar-refractivity contribution in [1.29, 1.82) is 0 Å². The maximum absolute atomic E-state index is 10.5. The molecule has 0 aliphatic heterocycles. The molecular weight excluding hydrogens is 230 g/mol. The smallest absolute Gasteiger partial charge is 0.269 e. The average molecular weight is 243 g/mol. The molecule has 2 rings (SSSR count). The zero-order valence-corrected chi connectivity index (χ0v) is 9.74. The van der Waals surface area contributed by atoms with Crippen molar-refractivity contribution in [3.05, 3.63) is 69.8 Å². The summed E-state index contributed by atoms with van der Waals surface area (Å²) in [6.07, 6.45) is 1.67. The minimum Gasteiger partial charge on any atom is -0.508 e. The Balaban J connectivity index is 1.97. The van der Waals surface area contributed by atoms with Crippen LogP contribution < -0.4 is 0 Å². The van der Waals surface area contributed by atoms with Gasteiger partial charge in [-0.2, -0.15) is 0 Å². The van der Waals surface area contributed by atoms with Crippen molar-refractivity contribution in [2.75, 3.05) is 0 Å². The molecule has 4 nitrogen and oxygen atoms in total. The third-order valence-corrected chi connectivity index (χ3v) is 2.79. The summed E-state index contributed by atoms with van der Waals surface area (Å²) >= 11 is 0. The van der Waals surface area contributed by atoms with Crippen LogP contribution in [0.25, 0.3) is 0 Å². The van der Waals surface area contributed by atoms with Crippen LogP contribution in [0.2, 0.25) is 0 Å². The van der Waals surface area contributed by atoms with Crippen LogP contribution in [0.1, 0.15) is 11.1 Å². The maximum atomic E-state index is 10.5. The number of aryl methyl sites for hydroxylation is 2. The highest BCUT2D eigenvalue weighted by molar-refractivity contribution is 5.33. The number of aromatic hydroxyl groups is 1. The number of hydrogen-bond acceptors (Lipinski definition) is 3. The van der Waals surface area contributed by atoms with E-state index >= 15 is 0 Å². The Kier molecular flexibility index (Phi) is 3.57. The molecule has 0 unspecified atom stereocenters. The molecule has 0 spiro atoms. The van der Waals surface area contributed by atoms with Gasteiger partial charge >= 0.3 is 0 Å². The lowest BCUT2D eigenvalue weighted by molar-refractivity contribution is -0.384. The van der Waals surface area contributed by atoms with E-state index in [9.17, 15) is 10.1 Å². The highest BCUT2D eigenvalue weighted by Gasteiger charge is 2.03. The fourth-order valence-corrected chi connectivity index (χ4v) is 1.74. The molecule has 0 bridgehead atoms. The number of rotatable bonds is 4. The third kappa shape index (κ3) is 3.07. The molecule has 0 aliphatic carbocycles. The van der Waals surface area contributed by atoms with Crippen molar-refractivity contribution in [2.24, 2.45) is 0 Å². The number of nitrogens with zero attached hydrogens (tertiary/aromatic N) is 1. The summed E-state index contributed by atoms with van der Waals surface area (Å²) in [4.78, 5) is 10.1. The molecule has 1 N–H and O–H groups in total. The Hall–Kier alpha value is -2.36. The maximum Gasteiger partial charge on any atom is 0.269 e. The minimum atomic E-state index is -0.399. The van der Waals surface area contributed by atoms with E-state index in [-0.39, 0.29) is 11.4 Å². The highest BCUT2D eigenvalue weighted by Crippen LogP contribution is 2.15. The molecule has 0 saturated heterocycles. The molecule has 0 heterocycles. The Bertz CT molecular complexity index is 532. The van der Waals surface area contributed by atoms with Crippen LogP contribution in [0.15, 0.2) is 48.5 Å². The van der Waals surface area contributed by atoms with Crippen LogP contribution in [-0.4, -0.2) is 10.0 Å². The van der Waals surface area contributed by atoms with E-state index < -0.39 is 4.92 Å². The van der Waals surface area contributed by atoms with Crippen molar-refractivity contribution in [1.82, 2.24) is 0 Å². The van der Waals surface area contributed by atoms with Gasteiger partial charge in [0, 0.05) is 12.1 Å². The van der Waals surface area contributed by atoms with E-state index in [1.54, 1.807) is 24.3 Å². The van der Waals surface area contributed by atoms with Crippen molar-refractivity contribution in [3.8, 4) is 5.75 Å². The largest absolute Gasteiger partial charge is 0.508 e. The molecule has 0 atom stereocenters. The number of phenolic OH excluding ortho intramolecular Hbond substituents is 1. The van der Waals surface area contributed by atoms with E-state index in [2.05, 4.69) is 0 Å². The van der Waals surface area contributed by atoms with Gasteiger partial charge in [0.2, 0.25) is 0 Å². The van der Waals surface area contributed by atoms with Crippen molar-refractivity contribution in [2.45, 2.75) is 12.8 Å². The lowest BCUT2D eigenvalue weighted by Crippen LogP contribution is -1.92. The van der Waals surface area contributed by atoms with Crippen LogP contribution in [0.4, 0.5) is 5.69 Å². The molecule has 0 radical (unpaired) electrons. The molecule has 2 aromatic carbocycles. The number of phenols is 1. The first-order chi connectivity index (χ1) is 8.65. The SMILES string of the molecule is O=[N+]([O-])c1ccc(CCc2ccc(O)cc2)cc1. The van der Waals surface area contributed by atoms with Gasteiger partial charge in [-0.3, -0.25) is 10.1 Å². The summed E-state index contributed by atoms with van der Waals surface area (Å²) in [7, 11) is 0. The Labute approximate surface area is 105 Å². The van der Waals surface area contributed by atoms with Gasteiger partial charge in [0.05, 0.1) is 4.92 Å². The van der Waals surface area contributed by atoms with E-state index in [4.69, 9.17) is 5.11 Å². The lowest BCUT2D eigenvalue weighted by atomic mass is 10.0. The molecule has 4 heteroatoms. The minimum absolute atomic E-state index is 0.114. The highest BCUT2D eigenvalue weighted by atomic mass is 16.6. The standard InChI is InChI=1S/C14H13NO3/c16-14-9-5-12(6-10-14)2-1-11-3-7-13(8-4-11)15(17)18/h3-10,16H,1-2H2.